The number of carbonyl (C=O) groups is 1. The molecule has 0 bridgehead atoms. The van der Waals surface area contributed by atoms with Gasteiger partial charge in [-0.15, -0.1) is 0 Å². The number of nitrogens with two attached hydrogens (primary N) is 1. The third-order valence-corrected chi connectivity index (χ3v) is 2.99. The van der Waals surface area contributed by atoms with Crippen molar-refractivity contribution < 1.29 is 4.79 Å². The fourth-order valence-corrected chi connectivity index (χ4v) is 1.74. The molecule has 0 aliphatic heterocycles. The first kappa shape index (κ1) is 14.7. The van der Waals surface area contributed by atoms with Gasteiger partial charge in [-0.05, 0) is 24.3 Å². The number of nitrogens with one attached hydrogen (secondary N) is 1. The predicted molar refractivity (Wildman–Crippen MR) is 75.2 cm³/mol. The average Bonchev–Trinajstić information content (AvgIpc) is 2.27. The minimum absolute atomic E-state index is 0.0778. The SMILES string of the molecule is CC(Cc1ccccc1)NC(=O)[C@H](N)C(C)(C)C. The molecule has 1 amide bonds. The van der Waals surface area contributed by atoms with E-state index in [1.54, 1.807) is 0 Å². The Balaban J connectivity index is 2.50. The zero-order chi connectivity index (χ0) is 13.8. The van der Waals surface area contributed by atoms with Crippen LogP contribution >= 0.6 is 0 Å². The summed E-state index contributed by atoms with van der Waals surface area (Å²) in [5, 5.41) is 2.97. The maximum atomic E-state index is 12.0. The number of hydrogen-bond donors (Lipinski definition) is 2. The van der Waals surface area contributed by atoms with Crippen molar-refractivity contribution in [3.63, 3.8) is 0 Å². The van der Waals surface area contributed by atoms with Crippen LogP contribution in [0.15, 0.2) is 30.3 Å². The Bertz CT molecular complexity index is 381. The number of carbonyl (C=O) groups excluding carboxylic acids is 1. The van der Waals surface area contributed by atoms with Crippen molar-refractivity contribution in [3.05, 3.63) is 35.9 Å². The molecule has 0 aliphatic carbocycles. The molecule has 0 spiro atoms. The lowest BCUT2D eigenvalue weighted by Crippen LogP contribution is -2.51. The number of benzene rings is 1. The molecule has 0 heterocycles. The van der Waals surface area contributed by atoms with Gasteiger partial charge in [-0.1, -0.05) is 51.1 Å². The van der Waals surface area contributed by atoms with E-state index in [-0.39, 0.29) is 17.4 Å². The van der Waals surface area contributed by atoms with E-state index in [9.17, 15) is 4.79 Å². The molecule has 1 rings (SSSR count). The van der Waals surface area contributed by atoms with Gasteiger partial charge in [-0.3, -0.25) is 4.79 Å². The Morgan fingerprint density at radius 3 is 2.33 bits per heavy atom. The lowest BCUT2D eigenvalue weighted by atomic mass is 9.87. The van der Waals surface area contributed by atoms with E-state index in [0.717, 1.165) is 6.42 Å². The summed E-state index contributed by atoms with van der Waals surface area (Å²) in [4.78, 5) is 12.0. The summed E-state index contributed by atoms with van der Waals surface area (Å²) in [6.45, 7) is 7.91. The smallest absolute Gasteiger partial charge is 0.237 e. The molecule has 100 valence electrons. The molecule has 0 aromatic heterocycles. The molecule has 0 saturated heterocycles. The highest BCUT2D eigenvalue weighted by Crippen LogP contribution is 2.17. The minimum atomic E-state index is -0.476. The van der Waals surface area contributed by atoms with E-state index in [1.807, 2.05) is 45.9 Å². The summed E-state index contributed by atoms with van der Waals surface area (Å²) in [7, 11) is 0. The first-order chi connectivity index (χ1) is 8.30. The topological polar surface area (TPSA) is 55.1 Å². The number of amides is 1. The molecular formula is C15H24N2O. The molecule has 3 N–H and O–H groups in total. The molecule has 1 aromatic rings. The summed E-state index contributed by atoms with van der Waals surface area (Å²) in [5.74, 6) is -0.0778. The van der Waals surface area contributed by atoms with Gasteiger partial charge in [0.15, 0.2) is 0 Å². The number of rotatable bonds is 4. The third kappa shape index (κ3) is 4.49. The van der Waals surface area contributed by atoms with Crippen LogP contribution < -0.4 is 11.1 Å². The highest BCUT2D eigenvalue weighted by Gasteiger charge is 2.27. The van der Waals surface area contributed by atoms with Crippen LogP contribution in [0.3, 0.4) is 0 Å². The summed E-state index contributed by atoms with van der Waals surface area (Å²) in [5.41, 5.74) is 6.93. The van der Waals surface area contributed by atoms with Crippen LogP contribution in [0, 0.1) is 5.41 Å². The summed E-state index contributed by atoms with van der Waals surface area (Å²) >= 11 is 0. The molecule has 0 radical (unpaired) electrons. The molecule has 1 aromatic carbocycles. The van der Waals surface area contributed by atoms with Crippen LogP contribution in [0.5, 0.6) is 0 Å². The van der Waals surface area contributed by atoms with Crippen molar-refractivity contribution in [3.8, 4) is 0 Å². The van der Waals surface area contributed by atoms with Gasteiger partial charge in [-0.25, -0.2) is 0 Å². The maximum absolute atomic E-state index is 12.0. The second kappa shape index (κ2) is 6.01. The lowest BCUT2D eigenvalue weighted by molar-refractivity contribution is -0.125. The largest absolute Gasteiger partial charge is 0.352 e. The van der Waals surface area contributed by atoms with Crippen LogP contribution in [-0.4, -0.2) is 18.0 Å². The zero-order valence-corrected chi connectivity index (χ0v) is 11.7. The molecule has 0 saturated carbocycles. The first-order valence-corrected chi connectivity index (χ1v) is 6.40. The Morgan fingerprint density at radius 2 is 1.83 bits per heavy atom. The van der Waals surface area contributed by atoms with Crippen LogP contribution in [0.4, 0.5) is 0 Å². The van der Waals surface area contributed by atoms with Crippen molar-refractivity contribution in [2.45, 2.75) is 46.2 Å². The lowest BCUT2D eigenvalue weighted by Gasteiger charge is -2.27. The van der Waals surface area contributed by atoms with Gasteiger partial charge >= 0.3 is 0 Å². The fraction of sp³-hybridized carbons (Fsp3) is 0.533. The van der Waals surface area contributed by atoms with Gasteiger partial charge in [0.2, 0.25) is 5.91 Å². The Morgan fingerprint density at radius 1 is 1.28 bits per heavy atom. The van der Waals surface area contributed by atoms with E-state index < -0.39 is 6.04 Å². The van der Waals surface area contributed by atoms with Gasteiger partial charge in [0.1, 0.15) is 0 Å². The highest BCUT2D eigenvalue weighted by atomic mass is 16.2. The first-order valence-electron chi connectivity index (χ1n) is 6.40. The van der Waals surface area contributed by atoms with Crippen LogP contribution in [0.2, 0.25) is 0 Å². The zero-order valence-electron chi connectivity index (χ0n) is 11.7. The molecule has 0 fully saturated rings. The van der Waals surface area contributed by atoms with Crippen LogP contribution in [0.1, 0.15) is 33.3 Å². The van der Waals surface area contributed by atoms with Gasteiger partial charge in [0, 0.05) is 6.04 Å². The third-order valence-electron chi connectivity index (χ3n) is 2.99. The summed E-state index contributed by atoms with van der Waals surface area (Å²) in [6.07, 6.45) is 0.823. The summed E-state index contributed by atoms with van der Waals surface area (Å²) < 4.78 is 0. The summed E-state index contributed by atoms with van der Waals surface area (Å²) in [6, 6.07) is 9.74. The standard InChI is InChI=1S/C15H24N2O/c1-11(10-12-8-6-5-7-9-12)17-14(18)13(16)15(2,3)4/h5-9,11,13H,10,16H2,1-4H3,(H,17,18)/t11?,13-/m0/s1. The molecule has 2 atom stereocenters. The molecule has 1 unspecified atom stereocenters. The number of hydrogen-bond acceptors (Lipinski definition) is 2. The quantitative estimate of drug-likeness (QED) is 0.857. The molecule has 18 heavy (non-hydrogen) atoms. The average molecular weight is 248 g/mol. The highest BCUT2D eigenvalue weighted by molar-refractivity contribution is 5.82. The van der Waals surface area contributed by atoms with Gasteiger partial charge in [0.25, 0.3) is 0 Å². The molecular weight excluding hydrogens is 224 g/mol. The van der Waals surface area contributed by atoms with Crippen molar-refractivity contribution in [1.82, 2.24) is 5.32 Å². The second-order valence-electron chi connectivity index (χ2n) is 5.94. The van der Waals surface area contributed by atoms with Crippen LogP contribution in [0.25, 0.3) is 0 Å². The Kier molecular flexibility index (Phi) is 4.91. The Hall–Kier alpha value is -1.35. The van der Waals surface area contributed by atoms with Crippen molar-refractivity contribution >= 4 is 5.91 Å². The molecule has 3 nitrogen and oxygen atoms in total. The van der Waals surface area contributed by atoms with Gasteiger partial charge < -0.3 is 11.1 Å². The molecule has 3 heteroatoms. The van der Waals surface area contributed by atoms with E-state index in [2.05, 4.69) is 17.4 Å². The normalized spacial score (nSPS) is 14.9. The van der Waals surface area contributed by atoms with Crippen molar-refractivity contribution in [2.75, 3.05) is 0 Å². The monoisotopic (exact) mass is 248 g/mol. The molecule has 0 aliphatic rings. The van der Waals surface area contributed by atoms with E-state index in [1.165, 1.54) is 5.56 Å². The minimum Gasteiger partial charge on any atom is -0.352 e. The van der Waals surface area contributed by atoms with E-state index in [4.69, 9.17) is 5.73 Å². The van der Waals surface area contributed by atoms with Crippen LogP contribution in [-0.2, 0) is 11.2 Å². The second-order valence-corrected chi connectivity index (χ2v) is 5.94. The maximum Gasteiger partial charge on any atom is 0.237 e. The van der Waals surface area contributed by atoms with Crippen molar-refractivity contribution in [2.24, 2.45) is 11.1 Å². The van der Waals surface area contributed by atoms with Crippen molar-refractivity contribution in [1.29, 1.82) is 0 Å². The van der Waals surface area contributed by atoms with E-state index in [0.29, 0.717) is 0 Å². The van der Waals surface area contributed by atoms with E-state index >= 15 is 0 Å². The Labute approximate surface area is 110 Å². The predicted octanol–water partition coefficient (Wildman–Crippen LogP) is 2.11. The van der Waals surface area contributed by atoms with Gasteiger partial charge in [-0.2, -0.15) is 0 Å². The van der Waals surface area contributed by atoms with Gasteiger partial charge in [0.05, 0.1) is 6.04 Å². The fourth-order valence-electron chi connectivity index (χ4n) is 1.74.